The molecule has 0 fully saturated rings. The van der Waals surface area contributed by atoms with E-state index < -0.39 is 0 Å². The molecule has 3 N–H and O–H groups in total. The van der Waals surface area contributed by atoms with Crippen molar-refractivity contribution in [3.05, 3.63) is 18.0 Å². The van der Waals surface area contributed by atoms with Gasteiger partial charge in [-0.3, -0.25) is 16.0 Å². The molecule has 1 atom stereocenters. The van der Waals surface area contributed by atoms with Gasteiger partial charge in [-0.15, -0.1) is 0 Å². The molecule has 0 aliphatic heterocycles. The molecule has 0 amide bonds. The van der Waals surface area contributed by atoms with Crippen LogP contribution in [0.3, 0.4) is 0 Å². The highest BCUT2D eigenvalue weighted by molar-refractivity contribution is 5.08. The molecule has 5 heteroatoms. The van der Waals surface area contributed by atoms with Gasteiger partial charge in [0.05, 0.1) is 17.8 Å². The van der Waals surface area contributed by atoms with Crippen molar-refractivity contribution in [2.45, 2.75) is 31.9 Å². The van der Waals surface area contributed by atoms with Crippen molar-refractivity contribution in [2.75, 3.05) is 7.11 Å². The first-order chi connectivity index (χ1) is 6.99. The summed E-state index contributed by atoms with van der Waals surface area (Å²) in [6.07, 6.45) is 4.62. The van der Waals surface area contributed by atoms with Crippen LogP contribution in [0.15, 0.2) is 12.4 Å². The number of hydrogen-bond acceptors (Lipinski definition) is 4. The lowest BCUT2D eigenvalue weighted by atomic mass is 9.94. The second kappa shape index (κ2) is 4.74. The van der Waals surface area contributed by atoms with Gasteiger partial charge in [0, 0.05) is 20.4 Å². The highest BCUT2D eigenvalue weighted by atomic mass is 16.5. The number of aromatic nitrogens is 2. The van der Waals surface area contributed by atoms with Gasteiger partial charge in [0.15, 0.2) is 0 Å². The van der Waals surface area contributed by atoms with Crippen molar-refractivity contribution >= 4 is 0 Å². The van der Waals surface area contributed by atoms with Crippen LogP contribution in [-0.2, 0) is 18.2 Å². The van der Waals surface area contributed by atoms with Gasteiger partial charge < -0.3 is 4.74 Å². The topological polar surface area (TPSA) is 65.1 Å². The number of hydrazine groups is 1. The Morgan fingerprint density at radius 3 is 2.73 bits per heavy atom. The highest BCUT2D eigenvalue weighted by Gasteiger charge is 2.28. The molecule has 1 rings (SSSR count). The molecule has 1 aromatic heterocycles. The number of nitrogens with one attached hydrogen (secondary N) is 1. The maximum Gasteiger partial charge on any atom is 0.0791 e. The third kappa shape index (κ3) is 3.02. The third-order valence-electron chi connectivity index (χ3n) is 2.76. The number of rotatable bonds is 5. The van der Waals surface area contributed by atoms with Crippen LogP contribution in [-0.4, -0.2) is 28.5 Å². The van der Waals surface area contributed by atoms with Crippen LogP contribution in [0.25, 0.3) is 0 Å². The Labute approximate surface area is 90.6 Å². The minimum Gasteiger partial charge on any atom is -0.377 e. The highest BCUT2D eigenvalue weighted by Crippen LogP contribution is 2.17. The molecule has 0 saturated heterocycles. The van der Waals surface area contributed by atoms with Gasteiger partial charge in [0.2, 0.25) is 0 Å². The normalized spacial score (nSPS) is 14.2. The van der Waals surface area contributed by atoms with E-state index in [1.54, 1.807) is 11.8 Å². The van der Waals surface area contributed by atoms with Gasteiger partial charge in [-0.2, -0.15) is 5.10 Å². The van der Waals surface area contributed by atoms with E-state index in [1.807, 2.05) is 33.3 Å². The minimum atomic E-state index is -0.301. The first kappa shape index (κ1) is 12.2. The molecule has 86 valence electrons. The maximum absolute atomic E-state index is 5.53. The van der Waals surface area contributed by atoms with Gasteiger partial charge in [-0.05, 0) is 25.8 Å². The molecule has 0 aliphatic carbocycles. The summed E-state index contributed by atoms with van der Waals surface area (Å²) < 4.78 is 7.18. The van der Waals surface area contributed by atoms with E-state index in [9.17, 15) is 0 Å². The van der Waals surface area contributed by atoms with Crippen molar-refractivity contribution < 1.29 is 4.74 Å². The lowest BCUT2D eigenvalue weighted by molar-refractivity contribution is -0.0101. The fourth-order valence-corrected chi connectivity index (χ4v) is 1.46. The van der Waals surface area contributed by atoms with Crippen molar-refractivity contribution in [2.24, 2.45) is 12.9 Å². The summed E-state index contributed by atoms with van der Waals surface area (Å²) in [6.45, 7) is 4.02. The average Bonchev–Trinajstić information content (AvgIpc) is 2.60. The predicted octanol–water partition coefficient (Wildman–Crippen LogP) is 0.220. The Morgan fingerprint density at radius 2 is 2.33 bits per heavy atom. The molecule has 0 aliphatic rings. The van der Waals surface area contributed by atoms with Gasteiger partial charge in [-0.1, -0.05) is 0 Å². The molecule has 1 unspecified atom stereocenters. The number of hydrogen-bond donors (Lipinski definition) is 2. The number of methoxy groups -OCH3 is 1. The molecule has 1 aromatic rings. The molecule has 15 heavy (non-hydrogen) atoms. The monoisotopic (exact) mass is 212 g/mol. The summed E-state index contributed by atoms with van der Waals surface area (Å²) in [6, 6.07) is 0.0618. The van der Waals surface area contributed by atoms with E-state index in [0.29, 0.717) is 0 Å². The second-order valence-electron chi connectivity index (χ2n) is 4.25. The van der Waals surface area contributed by atoms with Crippen molar-refractivity contribution in [1.29, 1.82) is 0 Å². The molecular formula is C10H20N4O. The van der Waals surface area contributed by atoms with Crippen LogP contribution in [0.1, 0.15) is 19.4 Å². The van der Waals surface area contributed by atoms with Crippen LogP contribution in [0, 0.1) is 0 Å². The first-order valence-corrected chi connectivity index (χ1v) is 4.98. The zero-order chi connectivity index (χ0) is 11.5. The summed E-state index contributed by atoms with van der Waals surface area (Å²) in [5, 5.41) is 4.12. The summed E-state index contributed by atoms with van der Waals surface area (Å²) in [4.78, 5) is 0. The Bertz CT molecular complexity index is 308. The molecule has 0 spiro atoms. The van der Waals surface area contributed by atoms with Gasteiger partial charge in [0.25, 0.3) is 0 Å². The summed E-state index contributed by atoms with van der Waals surface area (Å²) in [5.41, 5.74) is 3.63. The lowest BCUT2D eigenvalue weighted by Crippen LogP contribution is -2.52. The number of nitrogens with two attached hydrogens (primary N) is 1. The van der Waals surface area contributed by atoms with Crippen molar-refractivity contribution in [3.63, 3.8) is 0 Å². The number of nitrogens with zero attached hydrogens (tertiary/aromatic N) is 2. The standard InChI is InChI=1S/C10H20N4O/c1-10(2,15-4)9(13-11)5-8-6-12-14(3)7-8/h6-7,9,13H,5,11H2,1-4H3. The van der Waals surface area contributed by atoms with Crippen molar-refractivity contribution in [3.8, 4) is 0 Å². The molecule has 0 bridgehead atoms. The van der Waals surface area contributed by atoms with Crippen LogP contribution in [0.5, 0.6) is 0 Å². The smallest absolute Gasteiger partial charge is 0.0791 e. The molecule has 1 heterocycles. The Balaban J connectivity index is 2.69. The fourth-order valence-electron chi connectivity index (χ4n) is 1.46. The molecule has 0 saturated carbocycles. The van der Waals surface area contributed by atoms with E-state index in [2.05, 4.69) is 10.5 Å². The first-order valence-electron chi connectivity index (χ1n) is 4.98. The van der Waals surface area contributed by atoms with Crippen molar-refractivity contribution in [1.82, 2.24) is 15.2 Å². The Hall–Kier alpha value is -0.910. The molecule has 0 aromatic carbocycles. The predicted molar refractivity (Wildman–Crippen MR) is 59.1 cm³/mol. The quantitative estimate of drug-likeness (QED) is 0.541. The minimum absolute atomic E-state index is 0.0618. The van der Waals surface area contributed by atoms with E-state index in [4.69, 9.17) is 10.6 Å². The van der Waals surface area contributed by atoms with E-state index in [0.717, 1.165) is 12.0 Å². The van der Waals surface area contributed by atoms with E-state index in [1.165, 1.54) is 0 Å². The second-order valence-corrected chi connectivity index (χ2v) is 4.25. The lowest BCUT2D eigenvalue weighted by Gasteiger charge is -2.32. The summed E-state index contributed by atoms with van der Waals surface area (Å²) in [5.74, 6) is 5.53. The average molecular weight is 212 g/mol. The maximum atomic E-state index is 5.53. The molecule has 5 nitrogen and oxygen atoms in total. The largest absolute Gasteiger partial charge is 0.377 e. The van der Waals surface area contributed by atoms with Gasteiger partial charge in [0.1, 0.15) is 0 Å². The number of ether oxygens (including phenoxy) is 1. The summed E-state index contributed by atoms with van der Waals surface area (Å²) >= 11 is 0. The Morgan fingerprint density at radius 1 is 1.67 bits per heavy atom. The van der Waals surface area contributed by atoms with Crippen LogP contribution in [0.4, 0.5) is 0 Å². The van der Waals surface area contributed by atoms with Crippen LogP contribution >= 0.6 is 0 Å². The molecule has 0 radical (unpaired) electrons. The zero-order valence-corrected chi connectivity index (χ0v) is 9.82. The van der Waals surface area contributed by atoms with E-state index >= 15 is 0 Å². The third-order valence-corrected chi connectivity index (χ3v) is 2.76. The fraction of sp³-hybridized carbons (Fsp3) is 0.700. The molecular weight excluding hydrogens is 192 g/mol. The SMILES string of the molecule is COC(C)(C)C(Cc1cnn(C)c1)NN. The van der Waals surface area contributed by atoms with Crippen LogP contribution in [0.2, 0.25) is 0 Å². The number of aryl methyl sites for hydroxylation is 1. The zero-order valence-electron chi connectivity index (χ0n) is 9.82. The van der Waals surface area contributed by atoms with Gasteiger partial charge >= 0.3 is 0 Å². The summed E-state index contributed by atoms with van der Waals surface area (Å²) in [7, 11) is 3.59. The Kier molecular flexibility index (Phi) is 3.84. The van der Waals surface area contributed by atoms with E-state index in [-0.39, 0.29) is 11.6 Å². The van der Waals surface area contributed by atoms with Gasteiger partial charge in [-0.25, -0.2) is 0 Å². The van der Waals surface area contributed by atoms with Crippen LogP contribution < -0.4 is 11.3 Å².